The highest BCUT2D eigenvalue weighted by molar-refractivity contribution is 5.82. The van der Waals surface area contributed by atoms with Crippen molar-refractivity contribution in [3.8, 4) is 5.75 Å². The molecule has 0 spiro atoms. The van der Waals surface area contributed by atoms with E-state index in [2.05, 4.69) is 10.6 Å². The van der Waals surface area contributed by atoms with Crippen molar-refractivity contribution >= 4 is 17.0 Å². The van der Waals surface area contributed by atoms with E-state index in [4.69, 9.17) is 9.15 Å². The number of amides is 2. The molecule has 0 aliphatic carbocycles. The molecule has 24 heavy (non-hydrogen) atoms. The lowest BCUT2D eigenvalue weighted by Crippen LogP contribution is -2.36. The highest BCUT2D eigenvalue weighted by atomic mass is 16.5. The van der Waals surface area contributed by atoms with Crippen LogP contribution in [0.5, 0.6) is 5.75 Å². The zero-order chi connectivity index (χ0) is 16.8. The van der Waals surface area contributed by atoms with Crippen LogP contribution in [-0.2, 0) is 13.0 Å². The second-order valence-corrected chi connectivity index (χ2v) is 5.47. The predicted molar refractivity (Wildman–Crippen MR) is 93.2 cm³/mol. The molecule has 3 aromatic rings. The average Bonchev–Trinajstić information content (AvgIpc) is 3.03. The summed E-state index contributed by atoms with van der Waals surface area (Å²) in [5.74, 6) is 0.790. The van der Waals surface area contributed by atoms with Crippen molar-refractivity contribution in [1.29, 1.82) is 0 Å². The van der Waals surface area contributed by atoms with Crippen LogP contribution in [0.3, 0.4) is 0 Å². The Kier molecular flexibility index (Phi) is 5.01. The number of fused-ring (bicyclic) bond motifs is 1. The van der Waals surface area contributed by atoms with Gasteiger partial charge >= 0.3 is 6.03 Å². The molecule has 0 aliphatic heterocycles. The Morgan fingerprint density at radius 2 is 1.96 bits per heavy atom. The number of benzene rings is 2. The van der Waals surface area contributed by atoms with E-state index in [1.807, 2.05) is 48.5 Å². The monoisotopic (exact) mass is 324 g/mol. The van der Waals surface area contributed by atoms with Crippen LogP contribution in [0, 0.1) is 0 Å². The SMILES string of the molecule is COc1ccc2occ(CCNC(=O)NCc3ccccc3)c2c1. The molecule has 2 N–H and O–H groups in total. The molecule has 0 bridgehead atoms. The third kappa shape index (κ3) is 3.87. The number of carbonyl (C=O) groups excluding carboxylic acids is 1. The fourth-order valence-electron chi connectivity index (χ4n) is 2.53. The van der Waals surface area contributed by atoms with Gasteiger partial charge in [-0.15, -0.1) is 0 Å². The second kappa shape index (κ2) is 7.55. The van der Waals surface area contributed by atoms with Crippen LogP contribution in [0.15, 0.2) is 59.2 Å². The van der Waals surface area contributed by atoms with E-state index in [0.717, 1.165) is 27.8 Å². The molecule has 1 aromatic heterocycles. The predicted octanol–water partition coefficient (Wildman–Crippen LogP) is 3.48. The van der Waals surface area contributed by atoms with Crippen molar-refractivity contribution < 1.29 is 13.9 Å². The fraction of sp³-hybridized carbons (Fsp3) is 0.211. The topological polar surface area (TPSA) is 63.5 Å². The summed E-state index contributed by atoms with van der Waals surface area (Å²) in [7, 11) is 1.64. The maximum absolute atomic E-state index is 11.8. The van der Waals surface area contributed by atoms with Gasteiger partial charge in [-0.1, -0.05) is 30.3 Å². The third-order valence-corrected chi connectivity index (χ3v) is 3.84. The Hall–Kier alpha value is -2.95. The summed E-state index contributed by atoms with van der Waals surface area (Å²) in [5.41, 5.74) is 2.94. The summed E-state index contributed by atoms with van der Waals surface area (Å²) in [5, 5.41) is 6.72. The first-order chi connectivity index (χ1) is 11.8. The number of urea groups is 1. The maximum Gasteiger partial charge on any atom is 0.315 e. The molecule has 2 amide bonds. The van der Waals surface area contributed by atoms with Gasteiger partial charge in [0.1, 0.15) is 11.3 Å². The summed E-state index contributed by atoms with van der Waals surface area (Å²) in [6, 6.07) is 15.3. The lowest BCUT2D eigenvalue weighted by Gasteiger charge is -2.07. The van der Waals surface area contributed by atoms with Crippen molar-refractivity contribution in [2.24, 2.45) is 0 Å². The van der Waals surface area contributed by atoms with Gasteiger partial charge in [-0.05, 0) is 30.2 Å². The minimum Gasteiger partial charge on any atom is -0.497 e. The van der Waals surface area contributed by atoms with E-state index in [1.165, 1.54) is 0 Å². The van der Waals surface area contributed by atoms with E-state index >= 15 is 0 Å². The molecule has 0 fully saturated rings. The number of hydrogen-bond donors (Lipinski definition) is 2. The van der Waals surface area contributed by atoms with Crippen LogP contribution >= 0.6 is 0 Å². The molecule has 0 unspecified atom stereocenters. The quantitative estimate of drug-likeness (QED) is 0.729. The summed E-state index contributed by atoms with van der Waals surface area (Å²) in [6.07, 6.45) is 2.42. The van der Waals surface area contributed by atoms with E-state index in [1.54, 1.807) is 13.4 Å². The molecule has 0 atom stereocenters. The Labute approximate surface area is 140 Å². The molecule has 0 radical (unpaired) electrons. The average molecular weight is 324 g/mol. The summed E-state index contributed by atoms with van der Waals surface area (Å²) in [6.45, 7) is 1.05. The van der Waals surface area contributed by atoms with Gasteiger partial charge in [0.25, 0.3) is 0 Å². The Bertz CT molecular complexity index is 812. The minimum absolute atomic E-state index is 0.177. The molecule has 5 nitrogen and oxygen atoms in total. The first-order valence-corrected chi connectivity index (χ1v) is 7.86. The minimum atomic E-state index is -0.177. The molecule has 124 valence electrons. The van der Waals surface area contributed by atoms with E-state index < -0.39 is 0 Å². The molecule has 1 heterocycles. The van der Waals surface area contributed by atoms with Gasteiger partial charge in [-0.3, -0.25) is 0 Å². The first kappa shape index (κ1) is 15.9. The molecule has 0 saturated carbocycles. The Morgan fingerprint density at radius 1 is 1.12 bits per heavy atom. The highest BCUT2D eigenvalue weighted by Gasteiger charge is 2.08. The van der Waals surface area contributed by atoms with Crippen molar-refractivity contribution in [1.82, 2.24) is 10.6 Å². The van der Waals surface area contributed by atoms with E-state index in [0.29, 0.717) is 19.5 Å². The zero-order valence-electron chi connectivity index (χ0n) is 13.5. The van der Waals surface area contributed by atoms with Crippen molar-refractivity contribution in [3.63, 3.8) is 0 Å². The van der Waals surface area contributed by atoms with Gasteiger partial charge in [-0.2, -0.15) is 0 Å². The fourth-order valence-corrected chi connectivity index (χ4v) is 2.53. The summed E-state index contributed by atoms with van der Waals surface area (Å²) < 4.78 is 10.8. The van der Waals surface area contributed by atoms with Crippen LogP contribution in [0.4, 0.5) is 4.79 Å². The summed E-state index contributed by atoms with van der Waals surface area (Å²) >= 11 is 0. The maximum atomic E-state index is 11.8. The van der Waals surface area contributed by atoms with Crippen LogP contribution in [0.1, 0.15) is 11.1 Å². The number of ether oxygens (including phenoxy) is 1. The van der Waals surface area contributed by atoms with Gasteiger partial charge in [0.15, 0.2) is 0 Å². The standard InChI is InChI=1S/C19H20N2O3/c1-23-16-7-8-18-17(11-16)15(13-24-18)9-10-20-19(22)21-12-14-5-3-2-4-6-14/h2-8,11,13H,9-10,12H2,1H3,(H2,20,21,22). The molecule has 0 aliphatic rings. The number of nitrogens with one attached hydrogen (secondary N) is 2. The third-order valence-electron chi connectivity index (χ3n) is 3.84. The van der Waals surface area contributed by atoms with Crippen molar-refractivity contribution in [2.45, 2.75) is 13.0 Å². The van der Waals surface area contributed by atoms with Crippen LogP contribution in [-0.4, -0.2) is 19.7 Å². The molecule has 2 aromatic carbocycles. The first-order valence-electron chi connectivity index (χ1n) is 7.86. The van der Waals surface area contributed by atoms with Crippen LogP contribution < -0.4 is 15.4 Å². The van der Waals surface area contributed by atoms with Gasteiger partial charge in [0.05, 0.1) is 13.4 Å². The van der Waals surface area contributed by atoms with Gasteiger partial charge in [0.2, 0.25) is 0 Å². The Balaban J connectivity index is 1.50. The largest absolute Gasteiger partial charge is 0.497 e. The van der Waals surface area contributed by atoms with E-state index in [9.17, 15) is 4.79 Å². The van der Waals surface area contributed by atoms with Crippen molar-refractivity contribution in [3.05, 3.63) is 65.9 Å². The van der Waals surface area contributed by atoms with Crippen molar-refractivity contribution in [2.75, 3.05) is 13.7 Å². The number of carbonyl (C=O) groups is 1. The second-order valence-electron chi connectivity index (χ2n) is 5.47. The molecule has 5 heteroatoms. The van der Waals surface area contributed by atoms with Crippen LogP contribution in [0.25, 0.3) is 11.0 Å². The van der Waals surface area contributed by atoms with Gasteiger partial charge < -0.3 is 19.8 Å². The smallest absolute Gasteiger partial charge is 0.315 e. The molecule has 3 rings (SSSR count). The number of hydrogen-bond acceptors (Lipinski definition) is 3. The van der Waals surface area contributed by atoms with Gasteiger partial charge in [-0.25, -0.2) is 4.79 Å². The van der Waals surface area contributed by atoms with Crippen LogP contribution in [0.2, 0.25) is 0 Å². The molecular formula is C19H20N2O3. The number of rotatable bonds is 6. The highest BCUT2D eigenvalue weighted by Crippen LogP contribution is 2.25. The Morgan fingerprint density at radius 3 is 2.75 bits per heavy atom. The number of methoxy groups -OCH3 is 1. The molecular weight excluding hydrogens is 304 g/mol. The van der Waals surface area contributed by atoms with E-state index in [-0.39, 0.29) is 6.03 Å². The molecule has 0 saturated heterocycles. The number of furan rings is 1. The lowest BCUT2D eigenvalue weighted by molar-refractivity contribution is 0.240. The lowest BCUT2D eigenvalue weighted by atomic mass is 10.1. The normalized spacial score (nSPS) is 10.5. The zero-order valence-corrected chi connectivity index (χ0v) is 13.5. The van der Waals surface area contributed by atoms with Gasteiger partial charge in [0, 0.05) is 24.0 Å². The summed E-state index contributed by atoms with van der Waals surface area (Å²) in [4.78, 5) is 11.8.